The Kier molecular flexibility index (Phi) is 6.49. The highest BCUT2D eigenvalue weighted by atomic mass is 32.2. The molecule has 1 saturated carbocycles. The van der Waals surface area contributed by atoms with Crippen LogP contribution in [-0.4, -0.2) is 29.9 Å². The minimum absolute atomic E-state index is 0.117. The van der Waals surface area contributed by atoms with E-state index in [2.05, 4.69) is 20.2 Å². The Bertz CT molecular complexity index is 1030. The van der Waals surface area contributed by atoms with Crippen molar-refractivity contribution in [3.05, 3.63) is 60.7 Å². The summed E-state index contributed by atoms with van der Waals surface area (Å²) in [5.74, 6) is 0. The third kappa shape index (κ3) is 5.36. The van der Waals surface area contributed by atoms with Gasteiger partial charge in [-0.25, -0.2) is 13.1 Å². The smallest absolute Gasteiger partial charge is 0.240 e. The van der Waals surface area contributed by atoms with Gasteiger partial charge in [-0.05, 0) is 37.1 Å². The third-order valence-electron chi connectivity index (χ3n) is 4.75. The maximum Gasteiger partial charge on any atom is 0.240 e. The summed E-state index contributed by atoms with van der Waals surface area (Å²) in [6.45, 7) is 0. The van der Waals surface area contributed by atoms with Gasteiger partial charge in [-0.15, -0.1) is 10.2 Å². The van der Waals surface area contributed by atoms with Crippen LogP contribution < -0.4 is 10.0 Å². The van der Waals surface area contributed by atoms with Crippen LogP contribution in [0.3, 0.4) is 0 Å². The zero-order valence-electron chi connectivity index (χ0n) is 15.7. The molecule has 9 heteroatoms. The van der Waals surface area contributed by atoms with E-state index in [1.54, 1.807) is 36.0 Å². The van der Waals surface area contributed by atoms with E-state index < -0.39 is 10.0 Å². The quantitative estimate of drug-likeness (QED) is 0.549. The second-order valence-corrected chi connectivity index (χ2v) is 11.0. The molecule has 152 valence electrons. The largest absolute Gasteiger partial charge is 0.330 e. The molecule has 1 aliphatic rings. The Morgan fingerprint density at radius 3 is 2.38 bits per heavy atom. The predicted octanol–water partition coefficient (Wildman–Crippen LogP) is 4.66. The Morgan fingerprint density at radius 1 is 0.931 bits per heavy atom. The van der Waals surface area contributed by atoms with Gasteiger partial charge in [-0.2, -0.15) is 0 Å². The van der Waals surface area contributed by atoms with Gasteiger partial charge in [0, 0.05) is 17.0 Å². The van der Waals surface area contributed by atoms with Crippen LogP contribution in [0, 0.1) is 0 Å². The van der Waals surface area contributed by atoms with Crippen molar-refractivity contribution < 1.29 is 8.42 Å². The summed E-state index contributed by atoms with van der Waals surface area (Å²) in [6.07, 6.45) is 3.90. The van der Waals surface area contributed by atoms with E-state index in [0.29, 0.717) is 4.90 Å². The number of rotatable bonds is 7. The van der Waals surface area contributed by atoms with Gasteiger partial charge in [-0.3, -0.25) is 0 Å². The van der Waals surface area contributed by atoms with Crippen molar-refractivity contribution in [2.24, 2.45) is 0 Å². The number of benzene rings is 2. The average Bonchev–Trinajstić information content (AvgIpc) is 3.17. The molecular weight excluding hydrogens is 424 g/mol. The summed E-state index contributed by atoms with van der Waals surface area (Å²) in [4.78, 5) is 0.305. The lowest BCUT2D eigenvalue weighted by Gasteiger charge is -2.30. The van der Waals surface area contributed by atoms with Crippen LogP contribution in [-0.2, 0) is 10.0 Å². The number of hydrogen-bond donors (Lipinski definition) is 2. The minimum atomic E-state index is -3.53. The minimum Gasteiger partial charge on any atom is -0.330 e. The standard InChI is InChI=1S/C20H22N4O2S3/c25-29(26,16-11-5-2-6-12-16)24-17-13-7-8-14-18(17)27-20-23-22-19(28-20)21-15-9-3-1-4-10-15/h1-6,9-12,17-18,24H,7-8,13-14H2,(H,21,22)/t17-,18+/m0/s1. The summed E-state index contributed by atoms with van der Waals surface area (Å²) >= 11 is 3.11. The molecule has 2 N–H and O–H groups in total. The van der Waals surface area contributed by atoms with Crippen molar-refractivity contribution in [3.63, 3.8) is 0 Å². The molecule has 1 heterocycles. The van der Waals surface area contributed by atoms with E-state index in [1.807, 2.05) is 36.4 Å². The van der Waals surface area contributed by atoms with Crippen LogP contribution in [0.15, 0.2) is 69.9 Å². The number of para-hydroxylation sites is 1. The molecule has 3 aromatic rings. The molecule has 0 radical (unpaired) electrons. The molecule has 6 nitrogen and oxygen atoms in total. The van der Waals surface area contributed by atoms with Gasteiger partial charge >= 0.3 is 0 Å². The van der Waals surface area contributed by atoms with Crippen LogP contribution in [0.1, 0.15) is 25.7 Å². The van der Waals surface area contributed by atoms with E-state index in [-0.39, 0.29) is 11.3 Å². The van der Waals surface area contributed by atoms with E-state index in [9.17, 15) is 8.42 Å². The fourth-order valence-electron chi connectivity index (χ4n) is 3.32. The number of aromatic nitrogens is 2. The number of nitrogens with zero attached hydrogens (tertiary/aromatic N) is 2. The summed E-state index contributed by atoms with van der Waals surface area (Å²) < 4.78 is 29.3. The molecule has 0 aliphatic heterocycles. The monoisotopic (exact) mass is 446 g/mol. The van der Waals surface area contributed by atoms with Gasteiger partial charge in [0.1, 0.15) is 0 Å². The molecule has 1 aliphatic carbocycles. The third-order valence-corrected chi connectivity index (χ3v) is 8.57. The summed E-state index contributed by atoms with van der Waals surface area (Å²) in [7, 11) is -3.53. The van der Waals surface area contributed by atoms with Gasteiger partial charge in [0.25, 0.3) is 0 Å². The van der Waals surface area contributed by atoms with Crippen molar-refractivity contribution in [1.29, 1.82) is 0 Å². The van der Waals surface area contributed by atoms with Crippen LogP contribution in [0.25, 0.3) is 0 Å². The van der Waals surface area contributed by atoms with E-state index >= 15 is 0 Å². The SMILES string of the molecule is O=S(=O)(N[C@H]1CCCC[C@H]1Sc1nnc(Nc2ccccc2)s1)c1ccccc1. The first kappa shape index (κ1) is 20.3. The van der Waals surface area contributed by atoms with Crippen molar-refractivity contribution in [2.75, 3.05) is 5.32 Å². The molecule has 4 rings (SSSR count). The maximum atomic E-state index is 12.7. The molecule has 29 heavy (non-hydrogen) atoms. The molecule has 0 saturated heterocycles. The van der Waals surface area contributed by atoms with Gasteiger partial charge in [0.15, 0.2) is 4.34 Å². The predicted molar refractivity (Wildman–Crippen MR) is 118 cm³/mol. The zero-order valence-corrected chi connectivity index (χ0v) is 18.1. The average molecular weight is 447 g/mol. The van der Waals surface area contributed by atoms with Crippen LogP contribution in [0.4, 0.5) is 10.8 Å². The number of nitrogens with one attached hydrogen (secondary N) is 2. The number of thioether (sulfide) groups is 1. The van der Waals surface area contributed by atoms with Gasteiger partial charge in [-0.1, -0.05) is 72.3 Å². The Balaban J connectivity index is 1.43. The number of anilines is 2. The second kappa shape index (κ2) is 9.25. The molecule has 2 atom stereocenters. The van der Waals surface area contributed by atoms with Gasteiger partial charge < -0.3 is 5.32 Å². The molecule has 2 aromatic carbocycles. The fourth-order valence-corrected chi connectivity index (χ4v) is 7.04. The van der Waals surface area contributed by atoms with Crippen molar-refractivity contribution in [1.82, 2.24) is 14.9 Å². The molecule has 1 fully saturated rings. The Hall–Kier alpha value is -1.94. The lowest BCUT2D eigenvalue weighted by atomic mass is 9.96. The van der Waals surface area contributed by atoms with Crippen molar-refractivity contribution in [2.45, 2.75) is 46.2 Å². The summed E-state index contributed by atoms with van der Waals surface area (Å²) in [5, 5.41) is 12.6. The molecule has 0 amide bonds. The topological polar surface area (TPSA) is 84.0 Å². The normalized spacial score (nSPS) is 19.7. The molecular formula is C20H22N4O2S3. The van der Waals surface area contributed by atoms with Crippen LogP contribution >= 0.6 is 23.1 Å². The molecule has 0 spiro atoms. The van der Waals surface area contributed by atoms with Gasteiger partial charge in [0.2, 0.25) is 15.2 Å². The fraction of sp³-hybridized carbons (Fsp3) is 0.300. The first-order valence-corrected chi connectivity index (χ1v) is 12.7. The number of hydrogen-bond acceptors (Lipinski definition) is 7. The van der Waals surface area contributed by atoms with Crippen molar-refractivity contribution >= 4 is 43.9 Å². The second-order valence-electron chi connectivity index (χ2n) is 6.85. The Morgan fingerprint density at radius 2 is 1.62 bits per heavy atom. The van der Waals surface area contributed by atoms with Crippen LogP contribution in [0.5, 0.6) is 0 Å². The lowest BCUT2D eigenvalue weighted by Crippen LogP contribution is -2.43. The maximum absolute atomic E-state index is 12.7. The lowest BCUT2D eigenvalue weighted by molar-refractivity contribution is 0.423. The zero-order chi connectivity index (χ0) is 20.1. The highest BCUT2D eigenvalue weighted by Gasteiger charge is 2.31. The van der Waals surface area contributed by atoms with Gasteiger partial charge in [0.05, 0.1) is 4.90 Å². The Labute approximate surface area is 179 Å². The molecule has 1 aromatic heterocycles. The molecule has 0 bridgehead atoms. The first-order valence-electron chi connectivity index (χ1n) is 9.50. The van der Waals surface area contributed by atoms with Crippen LogP contribution in [0.2, 0.25) is 0 Å². The highest BCUT2D eigenvalue weighted by molar-refractivity contribution is 8.01. The van der Waals surface area contributed by atoms with Crippen molar-refractivity contribution in [3.8, 4) is 0 Å². The van der Waals surface area contributed by atoms with E-state index in [1.165, 1.54) is 11.3 Å². The number of sulfonamides is 1. The summed E-state index contributed by atoms with van der Waals surface area (Å²) in [6, 6.07) is 18.3. The first-order chi connectivity index (χ1) is 14.1. The highest BCUT2D eigenvalue weighted by Crippen LogP contribution is 2.37. The summed E-state index contributed by atoms with van der Waals surface area (Å²) in [5.41, 5.74) is 0.964. The molecule has 0 unspecified atom stereocenters. The van der Waals surface area contributed by atoms with E-state index in [0.717, 1.165) is 40.8 Å². The van der Waals surface area contributed by atoms with E-state index in [4.69, 9.17) is 0 Å².